The minimum absolute atomic E-state index is 0.0854. The van der Waals surface area contributed by atoms with Crippen molar-refractivity contribution in [3.8, 4) is 22.9 Å². The summed E-state index contributed by atoms with van der Waals surface area (Å²) in [6, 6.07) is 19.7. The Kier molecular flexibility index (Phi) is 4.54. The molecule has 0 saturated carbocycles. The lowest BCUT2D eigenvalue weighted by molar-refractivity contribution is 0.111. The van der Waals surface area contributed by atoms with Crippen molar-refractivity contribution in [2.45, 2.75) is 12.5 Å². The lowest BCUT2D eigenvalue weighted by Crippen LogP contribution is -2.16. The van der Waals surface area contributed by atoms with Crippen molar-refractivity contribution in [3.63, 3.8) is 0 Å². The summed E-state index contributed by atoms with van der Waals surface area (Å²) < 4.78 is 5.41. The van der Waals surface area contributed by atoms with Crippen molar-refractivity contribution in [1.29, 1.82) is 5.26 Å². The summed E-state index contributed by atoms with van der Waals surface area (Å²) in [5.41, 5.74) is 2.27. The van der Waals surface area contributed by atoms with E-state index in [0.717, 1.165) is 11.1 Å². The zero-order chi connectivity index (χ0) is 13.5. The molecule has 1 N–H and O–H groups in total. The molecule has 0 spiro atoms. The van der Waals surface area contributed by atoms with Gasteiger partial charge in [0.15, 0.2) is 0 Å². The van der Waals surface area contributed by atoms with Crippen LogP contribution in [0.3, 0.4) is 0 Å². The number of hydrogen-bond acceptors (Lipinski definition) is 3. The van der Waals surface area contributed by atoms with Crippen LogP contribution in [0.2, 0.25) is 0 Å². The molecule has 3 nitrogen and oxygen atoms in total. The molecule has 0 aliphatic heterocycles. The molecular formula is C16H15NO2. The van der Waals surface area contributed by atoms with E-state index in [1.807, 2.05) is 60.7 Å². The lowest BCUT2D eigenvalue weighted by Gasteiger charge is -2.10. The molecular weight excluding hydrogens is 238 g/mol. The van der Waals surface area contributed by atoms with E-state index >= 15 is 0 Å². The first-order valence-electron chi connectivity index (χ1n) is 6.13. The SMILES string of the molecule is N#CC[C@@H](O)COc1ccc(-c2ccccc2)cc1. The van der Waals surface area contributed by atoms with Crippen molar-refractivity contribution in [2.75, 3.05) is 6.61 Å². The third-order valence-corrected chi connectivity index (χ3v) is 2.73. The zero-order valence-electron chi connectivity index (χ0n) is 10.5. The van der Waals surface area contributed by atoms with Gasteiger partial charge >= 0.3 is 0 Å². The first-order valence-corrected chi connectivity index (χ1v) is 6.13. The largest absolute Gasteiger partial charge is 0.491 e. The molecule has 0 saturated heterocycles. The van der Waals surface area contributed by atoms with Crippen molar-refractivity contribution >= 4 is 0 Å². The van der Waals surface area contributed by atoms with Crippen LogP contribution < -0.4 is 4.74 Å². The van der Waals surface area contributed by atoms with E-state index in [1.54, 1.807) is 0 Å². The summed E-state index contributed by atoms with van der Waals surface area (Å²) in [5, 5.41) is 17.8. The Bertz CT molecular complexity index is 543. The summed E-state index contributed by atoms with van der Waals surface area (Å²) in [4.78, 5) is 0. The van der Waals surface area contributed by atoms with Gasteiger partial charge in [0.25, 0.3) is 0 Å². The molecule has 1 atom stereocenters. The first-order chi connectivity index (χ1) is 9.29. The fourth-order valence-corrected chi connectivity index (χ4v) is 1.73. The second-order valence-electron chi connectivity index (χ2n) is 4.22. The van der Waals surface area contributed by atoms with E-state index in [0.29, 0.717) is 5.75 Å². The summed E-state index contributed by atoms with van der Waals surface area (Å²) >= 11 is 0. The molecule has 0 heterocycles. The highest BCUT2D eigenvalue weighted by atomic mass is 16.5. The average molecular weight is 253 g/mol. The van der Waals surface area contributed by atoms with Crippen LogP contribution in [0.4, 0.5) is 0 Å². The van der Waals surface area contributed by atoms with Gasteiger partial charge in [0.2, 0.25) is 0 Å². The van der Waals surface area contributed by atoms with Crippen LogP contribution in [0, 0.1) is 11.3 Å². The Labute approximate surface area is 112 Å². The van der Waals surface area contributed by atoms with E-state index in [-0.39, 0.29) is 13.0 Å². The molecule has 0 fully saturated rings. The topological polar surface area (TPSA) is 53.2 Å². The smallest absolute Gasteiger partial charge is 0.119 e. The number of aliphatic hydroxyl groups is 1. The average Bonchev–Trinajstić information content (AvgIpc) is 2.47. The highest BCUT2D eigenvalue weighted by Crippen LogP contribution is 2.22. The van der Waals surface area contributed by atoms with Gasteiger partial charge in [-0.2, -0.15) is 5.26 Å². The predicted molar refractivity (Wildman–Crippen MR) is 73.6 cm³/mol. The van der Waals surface area contributed by atoms with E-state index in [2.05, 4.69) is 0 Å². The number of nitrogens with zero attached hydrogens (tertiary/aromatic N) is 1. The molecule has 0 bridgehead atoms. The highest BCUT2D eigenvalue weighted by molar-refractivity contribution is 5.63. The van der Waals surface area contributed by atoms with E-state index in [4.69, 9.17) is 10.00 Å². The quantitative estimate of drug-likeness (QED) is 0.891. The lowest BCUT2D eigenvalue weighted by atomic mass is 10.1. The van der Waals surface area contributed by atoms with Gasteiger partial charge in [-0.25, -0.2) is 0 Å². The summed E-state index contributed by atoms with van der Waals surface area (Å²) in [7, 11) is 0. The van der Waals surface area contributed by atoms with Crippen LogP contribution in [0.15, 0.2) is 54.6 Å². The summed E-state index contributed by atoms with van der Waals surface area (Å²) in [5.74, 6) is 0.691. The molecule has 0 radical (unpaired) electrons. The van der Waals surface area contributed by atoms with Crippen molar-refractivity contribution in [2.24, 2.45) is 0 Å². The van der Waals surface area contributed by atoms with Gasteiger partial charge in [-0.3, -0.25) is 0 Å². The van der Waals surface area contributed by atoms with E-state index < -0.39 is 6.10 Å². The molecule has 2 aromatic carbocycles. The summed E-state index contributed by atoms with van der Waals surface area (Å²) in [6.07, 6.45) is -0.652. The van der Waals surface area contributed by atoms with Gasteiger partial charge in [-0.05, 0) is 23.3 Å². The molecule has 3 heteroatoms. The second-order valence-corrected chi connectivity index (χ2v) is 4.22. The van der Waals surface area contributed by atoms with E-state index in [9.17, 15) is 5.11 Å². The Balaban J connectivity index is 1.98. The highest BCUT2D eigenvalue weighted by Gasteiger charge is 2.04. The van der Waals surface area contributed by atoms with Crippen molar-refractivity contribution in [1.82, 2.24) is 0 Å². The third kappa shape index (κ3) is 3.84. The minimum atomic E-state index is -0.737. The second kappa shape index (κ2) is 6.58. The molecule has 0 aromatic heterocycles. The van der Waals surface area contributed by atoms with Crippen LogP contribution in [-0.2, 0) is 0 Å². The van der Waals surface area contributed by atoms with Crippen molar-refractivity contribution in [3.05, 3.63) is 54.6 Å². The number of aliphatic hydroxyl groups excluding tert-OH is 1. The van der Waals surface area contributed by atoms with Crippen LogP contribution in [-0.4, -0.2) is 17.8 Å². The fraction of sp³-hybridized carbons (Fsp3) is 0.188. The van der Waals surface area contributed by atoms with Gasteiger partial charge in [-0.15, -0.1) is 0 Å². The number of hydrogen-bond donors (Lipinski definition) is 1. The Morgan fingerprint density at radius 2 is 1.63 bits per heavy atom. The maximum Gasteiger partial charge on any atom is 0.119 e. The number of rotatable bonds is 5. The van der Waals surface area contributed by atoms with Crippen LogP contribution in [0.5, 0.6) is 5.75 Å². The van der Waals surface area contributed by atoms with Crippen LogP contribution in [0.25, 0.3) is 11.1 Å². The minimum Gasteiger partial charge on any atom is -0.491 e. The molecule has 0 unspecified atom stereocenters. The Hall–Kier alpha value is -2.31. The maximum absolute atomic E-state index is 9.40. The molecule has 19 heavy (non-hydrogen) atoms. The fourth-order valence-electron chi connectivity index (χ4n) is 1.73. The molecule has 0 amide bonds. The number of benzene rings is 2. The summed E-state index contributed by atoms with van der Waals surface area (Å²) in [6.45, 7) is 0.137. The molecule has 96 valence electrons. The van der Waals surface area contributed by atoms with Crippen LogP contribution in [0.1, 0.15) is 6.42 Å². The predicted octanol–water partition coefficient (Wildman–Crippen LogP) is 3.01. The standard InChI is InChI=1S/C16H15NO2/c17-11-10-15(18)12-19-16-8-6-14(7-9-16)13-4-2-1-3-5-13/h1-9,15,18H,10,12H2/t15-/m1/s1. The number of nitriles is 1. The van der Waals surface area contributed by atoms with E-state index in [1.165, 1.54) is 0 Å². The Morgan fingerprint density at radius 3 is 2.26 bits per heavy atom. The van der Waals surface area contributed by atoms with Gasteiger partial charge in [0, 0.05) is 0 Å². The molecule has 0 aliphatic carbocycles. The maximum atomic E-state index is 9.40. The van der Waals surface area contributed by atoms with Crippen LogP contribution >= 0.6 is 0 Å². The Morgan fingerprint density at radius 1 is 1.00 bits per heavy atom. The molecule has 2 rings (SSSR count). The molecule has 2 aromatic rings. The molecule has 0 aliphatic rings. The third-order valence-electron chi connectivity index (χ3n) is 2.73. The van der Waals surface area contributed by atoms with Crippen molar-refractivity contribution < 1.29 is 9.84 Å². The van der Waals surface area contributed by atoms with Gasteiger partial charge in [0.1, 0.15) is 18.5 Å². The van der Waals surface area contributed by atoms with Gasteiger partial charge in [0.05, 0.1) is 12.5 Å². The first kappa shape index (κ1) is 13.1. The number of ether oxygens (including phenoxy) is 1. The van der Waals surface area contributed by atoms with Gasteiger partial charge in [-0.1, -0.05) is 42.5 Å². The monoisotopic (exact) mass is 253 g/mol. The normalized spacial score (nSPS) is 11.6. The van der Waals surface area contributed by atoms with Gasteiger partial charge < -0.3 is 9.84 Å². The zero-order valence-corrected chi connectivity index (χ0v) is 10.5.